The Morgan fingerprint density at radius 1 is 1.38 bits per heavy atom. The van der Waals surface area contributed by atoms with E-state index in [4.69, 9.17) is 5.73 Å². The summed E-state index contributed by atoms with van der Waals surface area (Å²) in [5.41, 5.74) is 5.84. The van der Waals surface area contributed by atoms with Crippen molar-refractivity contribution in [2.45, 2.75) is 32.2 Å². The van der Waals surface area contributed by atoms with Gasteiger partial charge in [0.15, 0.2) is 0 Å². The zero-order chi connectivity index (χ0) is 15.9. The smallest absolute Gasteiger partial charge is 0.242 e. The molecule has 1 amide bonds. The molecule has 1 aromatic rings. The summed E-state index contributed by atoms with van der Waals surface area (Å²) in [4.78, 5) is 14.4. The number of carbonyl (C=O) groups is 1. The van der Waals surface area contributed by atoms with Crippen LogP contribution in [-0.2, 0) is 10.3 Å². The topological polar surface area (TPSA) is 58.4 Å². The maximum Gasteiger partial charge on any atom is 0.242 e. The fourth-order valence-electron chi connectivity index (χ4n) is 2.64. The number of carbonyl (C=O) groups excluding carboxylic acids is 1. The molecule has 118 valence electrons. The van der Waals surface area contributed by atoms with Gasteiger partial charge in [-0.3, -0.25) is 4.79 Å². The van der Waals surface area contributed by atoms with Crippen molar-refractivity contribution < 1.29 is 4.79 Å². The first-order chi connectivity index (χ1) is 9.96. The van der Waals surface area contributed by atoms with Crippen molar-refractivity contribution in [1.29, 1.82) is 0 Å². The third-order valence-electron chi connectivity index (χ3n) is 4.30. The fourth-order valence-corrected chi connectivity index (χ4v) is 2.64. The minimum atomic E-state index is -0.801. The van der Waals surface area contributed by atoms with E-state index in [0.29, 0.717) is 12.3 Å². The minimum Gasteiger partial charge on any atom is -0.368 e. The van der Waals surface area contributed by atoms with Crippen molar-refractivity contribution in [3.05, 3.63) is 35.9 Å². The lowest BCUT2D eigenvalue weighted by Crippen LogP contribution is -2.52. The zero-order valence-corrected chi connectivity index (χ0v) is 13.7. The number of nitrogens with one attached hydrogen (secondary N) is 1. The van der Waals surface area contributed by atoms with Gasteiger partial charge in [0.05, 0.1) is 0 Å². The number of primary amides is 1. The van der Waals surface area contributed by atoms with Crippen molar-refractivity contribution in [3.63, 3.8) is 0 Å². The van der Waals surface area contributed by atoms with E-state index in [0.717, 1.165) is 25.1 Å². The molecule has 21 heavy (non-hydrogen) atoms. The van der Waals surface area contributed by atoms with Crippen LogP contribution in [0.3, 0.4) is 0 Å². The summed E-state index contributed by atoms with van der Waals surface area (Å²) < 4.78 is 0. The van der Waals surface area contributed by atoms with Gasteiger partial charge in [0, 0.05) is 13.1 Å². The van der Waals surface area contributed by atoms with Gasteiger partial charge in [-0.15, -0.1) is 0 Å². The van der Waals surface area contributed by atoms with Crippen molar-refractivity contribution in [2.75, 3.05) is 27.2 Å². The maximum atomic E-state index is 12.1. The second-order valence-electron chi connectivity index (χ2n) is 5.91. The molecule has 0 bridgehead atoms. The Labute approximate surface area is 128 Å². The molecule has 0 spiro atoms. The lowest BCUT2D eigenvalue weighted by atomic mass is 9.85. The van der Waals surface area contributed by atoms with Gasteiger partial charge >= 0.3 is 0 Å². The van der Waals surface area contributed by atoms with Gasteiger partial charge in [-0.2, -0.15) is 0 Å². The van der Waals surface area contributed by atoms with E-state index >= 15 is 0 Å². The number of amides is 1. The van der Waals surface area contributed by atoms with Crippen molar-refractivity contribution >= 4 is 5.91 Å². The Morgan fingerprint density at radius 2 is 2.00 bits per heavy atom. The zero-order valence-electron chi connectivity index (χ0n) is 13.7. The molecule has 0 radical (unpaired) electrons. The number of nitrogens with zero attached hydrogens (tertiary/aromatic N) is 1. The number of likely N-dealkylation sites (N-methyl/N-ethyl adjacent to an activating group) is 1. The highest BCUT2D eigenvalue weighted by molar-refractivity contribution is 5.86. The van der Waals surface area contributed by atoms with Crippen LogP contribution in [0.4, 0.5) is 0 Å². The molecule has 1 rings (SSSR count). The van der Waals surface area contributed by atoms with Crippen molar-refractivity contribution in [2.24, 2.45) is 11.7 Å². The van der Waals surface area contributed by atoms with E-state index in [2.05, 4.69) is 31.1 Å². The SMILES string of the molecule is CCC(C)CN(C)CCC(NC)(C(N)=O)c1ccccc1. The third-order valence-corrected chi connectivity index (χ3v) is 4.30. The summed E-state index contributed by atoms with van der Waals surface area (Å²) in [6.07, 6.45) is 1.83. The molecule has 2 atom stereocenters. The van der Waals surface area contributed by atoms with Gasteiger partial charge in [0.25, 0.3) is 0 Å². The maximum absolute atomic E-state index is 12.1. The lowest BCUT2D eigenvalue weighted by molar-refractivity contribution is -0.125. The highest BCUT2D eigenvalue weighted by atomic mass is 16.1. The van der Waals surface area contributed by atoms with Crippen LogP contribution in [0.5, 0.6) is 0 Å². The molecule has 0 saturated heterocycles. The van der Waals surface area contributed by atoms with E-state index in [1.165, 1.54) is 0 Å². The van der Waals surface area contributed by atoms with Gasteiger partial charge in [0.2, 0.25) is 5.91 Å². The van der Waals surface area contributed by atoms with Crippen LogP contribution in [-0.4, -0.2) is 38.0 Å². The first kappa shape index (κ1) is 17.7. The van der Waals surface area contributed by atoms with Crippen LogP contribution in [0.2, 0.25) is 0 Å². The van der Waals surface area contributed by atoms with Crippen LogP contribution in [0.15, 0.2) is 30.3 Å². The van der Waals surface area contributed by atoms with E-state index in [-0.39, 0.29) is 5.91 Å². The van der Waals surface area contributed by atoms with Gasteiger partial charge in [-0.25, -0.2) is 0 Å². The third kappa shape index (κ3) is 4.55. The number of hydrogen-bond donors (Lipinski definition) is 2. The summed E-state index contributed by atoms with van der Waals surface area (Å²) in [6, 6.07) is 9.73. The van der Waals surface area contributed by atoms with E-state index in [9.17, 15) is 4.79 Å². The van der Waals surface area contributed by atoms with E-state index in [1.807, 2.05) is 30.3 Å². The Morgan fingerprint density at radius 3 is 2.48 bits per heavy atom. The lowest BCUT2D eigenvalue weighted by Gasteiger charge is -2.33. The van der Waals surface area contributed by atoms with Crippen LogP contribution in [0.1, 0.15) is 32.3 Å². The van der Waals surface area contributed by atoms with E-state index in [1.54, 1.807) is 7.05 Å². The Hall–Kier alpha value is -1.39. The molecule has 0 fully saturated rings. The molecule has 1 aromatic carbocycles. The quantitative estimate of drug-likeness (QED) is 0.731. The summed E-state index contributed by atoms with van der Waals surface area (Å²) in [7, 11) is 3.89. The van der Waals surface area contributed by atoms with Crippen LogP contribution < -0.4 is 11.1 Å². The molecule has 0 saturated carbocycles. The summed E-state index contributed by atoms with van der Waals surface area (Å²) in [6.45, 7) is 6.30. The largest absolute Gasteiger partial charge is 0.368 e. The summed E-state index contributed by atoms with van der Waals surface area (Å²) >= 11 is 0. The molecule has 0 aliphatic carbocycles. The van der Waals surface area contributed by atoms with Crippen LogP contribution in [0.25, 0.3) is 0 Å². The minimum absolute atomic E-state index is 0.326. The highest BCUT2D eigenvalue weighted by Crippen LogP contribution is 2.25. The predicted molar refractivity (Wildman–Crippen MR) is 87.9 cm³/mol. The average molecular weight is 291 g/mol. The highest BCUT2D eigenvalue weighted by Gasteiger charge is 2.36. The number of hydrogen-bond acceptors (Lipinski definition) is 3. The van der Waals surface area contributed by atoms with Gasteiger partial charge < -0.3 is 16.0 Å². The van der Waals surface area contributed by atoms with Crippen LogP contribution >= 0.6 is 0 Å². The first-order valence-corrected chi connectivity index (χ1v) is 7.69. The molecular formula is C17H29N3O. The average Bonchev–Trinajstić information content (AvgIpc) is 2.49. The monoisotopic (exact) mass is 291 g/mol. The van der Waals surface area contributed by atoms with Gasteiger partial charge in [-0.05, 0) is 32.0 Å². The van der Waals surface area contributed by atoms with Crippen molar-refractivity contribution in [3.8, 4) is 0 Å². The molecule has 4 nitrogen and oxygen atoms in total. The molecule has 0 aliphatic rings. The number of nitrogens with two attached hydrogens (primary N) is 1. The van der Waals surface area contributed by atoms with Crippen molar-refractivity contribution in [1.82, 2.24) is 10.2 Å². The molecule has 3 N–H and O–H groups in total. The standard InChI is InChI=1S/C17H29N3O/c1-5-14(2)13-20(4)12-11-17(19-3,16(18)21)15-9-7-6-8-10-15/h6-10,14,19H,5,11-13H2,1-4H3,(H2,18,21). The Kier molecular flexibility index (Phi) is 6.85. The van der Waals surface area contributed by atoms with Crippen LogP contribution in [0, 0.1) is 5.92 Å². The molecule has 4 heteroatoms. The summed E-state index contributed by atoms with van der Waals surface area (Å²) in [5.74, 6) is 0.331. The fraction of sp³-hybridized carbons (Fsp3) is 0.588. The molecule has 0 heterocycles. The van der Waals surface area contributed by atoms with Gasteiger partial charge in [0.1, 0.15) is 5.54 Å². The Balaban J connectivity index is 2.83. The molecule has 2 unspecified atom stereocenters. The number of rotatable bonds is 9. The first-order valence-electron chi connectivity index (χ1n) is 7.69. The molecule has 0 aromatic heterocycles. The molecular weight excluding hydrogens is 262 g/mol. The Bertz CT molecular complexity index is 435. The predicted octanol–water partition coefficient (Wildman–Crippen LogP) is 1.95. The number of benzene rings is 1. The van der Waals surface area contributed by atoms with Gasteiger partial charge in [-0.1, -0.05) is 50.6 Å². The van der Waals surface area contributed by atoms with E-state index < -0.39 is 5.54 Å². The normalized spacial score (nSPS) is 15.7. The second-order valence-corrected chi connectivity index (χ2v) is 5.91. The molecule has 0 aliphatic heterocycles. The second kappa shape index (κ2) is 8.15. The summed E-state index contributed by atoms with van der Waals surface area (Å²) in [5, 5.41) is 3.15.